The lowest BCUT2D eigenvalue weighted by Gasteiger charge is -2.15. The summed E-state index contributed by atoms with van der Waals surface area (Å²) in [5, 5.41) is 0. The van der Waals surface area contributed by atoms with Gasteiger partial charge in [-0.25, -0.2) is 0 Å². The maximum atomic E-state index is 12.1. The van der Waals surface area contributed by atoms with Crippen molar-refractivity contribution in [2.75, 3.05) is 20.2 Å². The van der Waals surface area contributed by atoms with Crippen molar-refractivity contribution < 1.29 is 9.53 Å². The van der Waals surface area contributed by atoms with Crippen molar-refractivity contribution in [1.29, 1.82) is 0 Å². The Labute approximate surface area is 138 Å². The van der Waals surface area contributed by atoms with Crippen molar-refractivity contribution in [3.8, 4) is 5.75 Å². The molecule has 3 heteroatoms. The van der Waals surface area contributed by atoms with Gasteiger partial charge in [0.05, 0.1) is 6.54 Å². The summed E-state index contributed by atoms with van der Waals surface area (Å²) in [5.41, 5.74) is 3.39. The molecule has 0 aromatic heterocycles. The van der Waals surface area contributed by atoms with E-state index in [-0.39, 0.29) is 5.91 Å². The molecule has 0 radical (unpaired) electrons. The van der Waals surface area contributed by atoms with Crippen molar-refractivity contribution in [2.45, 2.75) is 13.8 Å². The van der Waals surface area contributed by atoms with Crippen LogP contribution in [0.4, 0.5) is 0 Å². The number of amides is 1. The third kappa shape index (κ3) is 5.62. The predicted molar refractivity (Wildman–Crippen MR) is 94.5 cm³/mol. The molecule has 0 heterocycles. The third-order valence-corrected chi connectivity index (χ3v) is 3.56. The highest BCUT2D eigenvalue weighted by molar-refractivity contribution is 5.91. The lowest BCUT2D eigenvalue weighted by Crippen LogP contribution is -2.29. The van der Waals surface area contributed by atoms with Crippen molar-refractivity contribution in [3.63, 3.8) is 0 Å². The molecule has 0 aliphatic carbocycles. The Kier molecular flexibility index (Phi) is 5.98. The number of ether oxygens (including phenoxy) is 1. The molecule has 0 N–H and O–H groups in total. The average molecular weight is 309 g/mol. The van der Waals surface area contributed by atoms with E-state index < -0.39 is 0 Å². The van der Waals surface area contributed by atoms with Crippen LogP contribution in [0.1, 0.15) is 16.7 Å². The molecule has 0 aliphatic rings. The Morgan fingerprint density at radius 2 is 1.83 bits per heavy atom. The van der Waals surface area contributed by atoms with E-state index in [0.717, 1.165) is 16.9 Å². The van der Waals surface area contributed by atoms with Gasteiger partial charge >= 0.3 is 0 Å². The van der Waals surface area contributed by atoms with Crippen LogP contribution in [0.3, 0.4) is 0 Å². The number of carbonyl (C=O) groups is 1. The fraction of sp³-hybridized carbons (Fsp3) is 0.250. The van der Waals surface area contributed by atoms with Crippen molar-refractivity contribution in [1.82, 2.24) is 4.90 Å². The van der Waals surface area contributed by atoms with Crippen LogP contribution in [-0.4, -0.2) is 31.0 Å². The van der Waals surface area contributed by atoms with Crippen LogP contribution in [-0.2, 0) is 4.79 Å². The number of likely N-dealkylation sites (N-methyl/N-ethyl adjacent to an activating group) is 1. The zero-order valence-electron chi connectivity index (χ0n) is 14.0. The lowest BCUT2D eigenvalue weighted by molar-refractivity contribution is -0.125. The molecule has 0 saturated carbocycles. The first-order chi connectivity index (χ1) is 11.0. The van der Waals surface area contributed by atoms with Crippen molar-refractivity contribution >= 4 is 12.0 Å². The van der Waals surface area contributed by atoms with Crippen LogP contribution in [0.5, 0.6) is 5.75 Å². The molecule has 2 rings (SSSR count). The Bertz CT molecular complexity index is 674. The van der Waals surface area contributed by atoms with Crippen LogP contribution in [0, 0.1) is 13.8 Å². The topological polar surface area (TPSA) is 29.5 Å². The van der Waals surface area contributed by atoms with Gasteiger partial charge in [0.25, 0.3) is 0 Å². The molecule has 2 aromatic rings. The van der Waals surface area contributed by atoms with Gasteiger partial charge in [-0.2, -0.15) is 0 Å². The SMILES string of the molecule is Cc1ccc(/C=C/C(=O)N(C)CCOc2cccc(C)c2)cc1. The summed E-state index contributed by atoms with van der Waals surface area (Å²) in [6, 6.07) is 16.0. The summed E-state index contributed by atoms with van der Waals surface area (Å²) in [6.07, 6.45) is 3.43. The summed E-state index contributed by atoms with van der Waals surface area (Å²) < 4.78 is 5.67. The van der Waals surface area contributed by atoms with E-state index >= 15 is 0 Å². The summed E-state index contributed by atoms with van der Waals surface area (Å²) in [6.45, 7) is 5.09. The molecule has 1 amide bonds. The zero-order valence-corrected chi connectivity index (χ0v) is 14.0. The standard InChI is InChI=1S/C20H23NO2/c1-16-7-9-18(10-8-16)11-12-20(22)21(3)13-14-23-19-6-4-5-17(2)15-19/h4-12,15H,13-14H2,1-3H3/b12-11+. The Morgan fingerprint density at radius 1 is 1.09 bits per heavy atom. The van der Waals surface area contributed by atoms with Crippen LogP contribution in [0.15, 0.2) is 54.6 Å². The molecule has 0 spiro atoms. The fourth-order valence-electron chi connectivity index (χ4n) is 2.09. The number of hydrogen-bond donors (Lipinski definition) is 0. The van der Waals surface area contributed by atoms with Gasteiger partial charge in [0.2, 0.25) is 5.91 Å². The third-order valence-electron chi connectivity index (χ3n) is 3.56. The highest BCUT2D eigenvalue weighted by Gasteiger charge is 2.05. The van der Waals surface area contributed by atoms with E-state index in [1.165, 1.54) is 5.56 Å². The first kappa shape index (κ1) is 16.8. The highest BCUT2D eigenvalue weighted by atomic mass is 16.5. The largest absolute Gasteiger partial charge is 0.492 e. The molecule has 0 atom stereocenters. The summed E-state index contributed by atoms with van der Waals surface area (Å²) in [7, 11) is 1.78. The molecule has 0 bridgehead atoms. The van der Waals surface area contributed by atoms with Gasteiger partial charge in [0.15, 0.2) is 0 Å². The van der Waals surface area contributed by atoms with Crippen LogP contribution in [0.25, 0.3) is 6.08 Å². The number of benzene rings is 2. The van der Waals surface area contributed by atoms with E-state index in [0.29, 0.717) is 13.2 Å². The van der Waals surface area contributed by atoms with Crippen molar-refractivity contribution in [3.05, 3.63) is 71.3 Å². The van der Waals surface area contributed by atoms with Gasteiger partial charge in [0, 0.05) is 13.1 Å². The minimum Gasteiger partial charge on any atom is -0.492 e. The Balaban J connectivity index is 1.79. The number of rotatable bonds is 6. The average Bonchev–Trinajstić information content (AvgIpc) is 2.54. The minimum absolute atomic E-state index is 0.0292. The molecule has 0 saturated heterocycles. The molecule has 0 fully saturated rings. The lowest BCUT2D eigenvalue weighted by atomic mass is 10.1. The van der Waals surface area contributed by atoms with Gasteiger partial charge in [-0.15, -0.1) is 0 Å². The van der Waals surface area contributed by atoms with Gasteiger partial charge in [0.1, 0.15) is 12.4 Å². The molecular weight excluding hydrogens is 286 g/mol. The second-order valence-electron chi connectivity index (χ2n) is 5.67. The Hall–Kier alpha value is -2.55. The van der Waals surface area contributed by atoms with Gasteiger partial charge in [-0.05, 0) is 43.2 Å². The Morgan fingerprint density at radius 3 is 2.52 bits per heavy atom. The monoisotopic (exact) mass is 309 g/mol. The molecule has 0 unspecified atom stereocenters. The van der Waals surface area contributed by atoms with Gasteiger partial charge in [-0.3, -0.25) is 4.79 Å². The van der Waals surface area contributed by atoms with Crippen molar-refractivity contribution in [2.24, 2.45) is 0 Å². The first-order valence-electron chi connectivity index (χ1n) is 7.74. The van der Waals surface area contributed by atoms with Gasteiger partial charge < -0.3 is 9.64 Å². The maximum Gasteiger partial charge on any atom is 0.246 e. The fourth-order valence-corrected chi connectivity index (χ4v) is 2.09. The number of nitrogens with zero attached hydrogens (tertiary/aromatic N) is 1. The van der Waals surface area contributed by atoms with Crippen LogP contribution in [0.2, 0.25) is 0 Å². The number of hydrogen-bond acceptors (Lipinski definition) is 2. The maximum absolute atomic E-state index is 12.1. The second kappa shape index (κ2) is 8.18. The van der Waals surface area contributed by atoms with E-state index in [1.807, 2.05) is 68.5 Å². The molecule has 3 nitrogen and oxygen atoms in total. The molecule has 120 valence electrons. The molecule has 23 heavy (non-hydrogen) atoms. The van der Waals surface area contributed by atoms with E-state index in [4.69, 9.17) is 4.74 Å². The minimum atomic E-state index is -0.0292. The van der Waals surface area contributed by atoms with Crippen LogP contribution < -0.4 is 4.74 Å². The first-order valence-corrected chi connectivity index (χ1v) is 7.74. The van der Waals surface area contributed by atoms with E-state index in [9.17, 15) is 4.79 Å². The summed E-state index contributed by atoms with van der Waals surface area (Å²) in [5.74, 6) is 0.805. The second-order valence-corrected chi connectivity index (χ2v) is 5.67. The summed E-state index contributed by atoms with van der Waals surface area (Å²) >= 11 is 0. The van der Waals surface area contributed by atoms with E-state index in [2.05, 4.69) is 0 Å². The van der Waals surface area contributed by atoms with Gasteiger partial charge in [-0.1, -0.05) is 42.0 Å². The smallest absolute Gasteiger partial charge is 0.246 e. The molecule has 2 aromatic carbocycles. The number of carbonyl (C=O) groups excluding carboxylic acids is 1. The quantitative estimate of drug-likeness (QED) is 0.758. The molecular formula is C20H23NO2. The predicted octanol–water partition coefficient (Wildman–Crippen LogP) is 3.85. The molecule has 0 aliphatic heterocycles. The normalized spacial score (nSPS) is 10.7. The number of aryl methyl sites for hydroxylation is 2. The van der Waals surface area contributed by atoms with Crippen LogP contribution >= 0.6 is 0 Å². The highest BCUT2D eigenvalue weighted by Crippen LogP contribution is 2.12. The van der Waals surface area contributed by atoms with E-state index in [1.54, 1.807) is 18.0 Å². The zero-order chi connectivity index (χ0) is 16.7. The summed E-state index contributed by atoms with van der Waals surface area (Å²) in [4.78, 5) is 13.7.